The highest BCUT2D eigenvalue weighted by atomic mass is 35.5. The Balaban J connectivity index is 0.00000324. The second kappa shape index (κ2) is 7.40. The van der Waals surface area contributed by atoms with Crippen LogP contribution in [0.5, 0.6) is 5.75 Å². The summed E-state index contributed by atoms with van der Waals surface area (Å²) in [6.07, 6.45) is -1.80. The van der Waals surface area contributed by atoms with E-state index in [2.05, 4.69) is 6.58 Å². The predicted octanol–water partition coefficient (Wildman–Crippen LogP) is 4.10. The van der Waals surface area contributed by atoms with Crippen LogP contribution in [-0.4, -0.2) is 7.11 Å². The van der Waals surface area contributed by atoms with Crippen LogP contribution in [0.1, 0.15) is 30.0 Å². The lowest BCUT2D eigenvalue weighted by atomic mass is 9.97. The second-order valence-electron chi connectivity index (χ2n) is 3.92. The van der Waals surface area contributed by atoms with E-state index in [4.69, 9.17) is 10.5 Å². The number of alkyl halides is 3. The third-order valence-corrected chi connectivity index (χ3v) is 2.65. The van der Waals surface area contributed by atoms with E-state index in [1.807, 2.05) is 0 Å². The van der Waals surface area contributed by atoms with Crippen LogP contribution in [0.25, 0.3) is 0 Å². The average molecular weight is 296 g/mol. The molecule has 0 fully saturated rings. The first-order valence-corrected chi connectivity index (χ1v) is 5.51. The Morgan fingerprint density at radius 3 is 2.53 bits per heavy atom. The number of hydrogen-bond acceptors (Lipinski definition) is 2. The van der Waals surface area contributed by atoms with Gasteiger partial charge in [0.15, 0.2) is 0 Å². The van der Waals surface area contributed by atoms with E-state index in [1.54, 1.807) is 6.08 Å². The molecule has 1 aromatic rings. The topological polar surface area (TPSA) is 35.2 Å². The van der Waals surface area contributed by atoms with Crippen molar-refractivity contribution >= 4 is 12.4 Å². The predicted molar refractivity (Wildman–Crippen MR) is 71.6 cm³/mol. The van der Waals surface area contributed by atoms with Crippen LogP contribution in [-0.2, 0) is 6.18 Å². The second-order valence-corrected chi connectivity index (χ2v) is 3.92. The first kappa shape index (κ1) is 17.8. The molecule has 0 saturated carbocycles. The minimum atomic E-state index is -4.43. The third kappa shape index (κ3) is 4.76. The first-order valence-electron chi connectivity index (χ1n) is 5.51. The highest BCUT2D eigenvalue weighted by Crippen LogP contribution is 2.37. The molecule has 0 saturated heterocycles. The van der Waals surface area contributed by atoms with Gasteiger partial charge < -0.3 is 10.5 Å². The van der Waals surface area contributed by atoms with Gasteiger partial charge in [-0.2, -0.15) is 13.2 Å². The molecular weight excluding hydrogens is 279 g/mol. The van der Waals surface area contributed by atoms with Crippen molar-refractivity contribution in [3.8, 4) is 5.75 Å². The standard InChI is InChI=1S/C13H16F3NO.ClH/c1-3-4-5-12(17)10-7-6-9(18-2)8-11(10)13(14,15)16;/h3,6-8,12H,1,4-5,17H2,2H3;1H/t12-;/m0./s1. The molecule has 108 valence electrons. The van der Waals surface area contributed by atoms with Gasteiger partial charge >= 0.3 is 6.18 Å². The Bertz CT molecular complexity index is 421. The third-order valence-electron chi connectivity index (χ3n) is 2.65. The zero-order chi connectivity index (χ0) is 13.8. The maximum Gasteiger partial charge on any atom is 0.416 e. The summed E-state index contributed by atoms with van der Waals surface area (Å²) in [5, 5.41) is 0. The molecule has 1 atom stereocenters. The Kier molecular flexibility index (Phi) is 6.94. The van der Waals surface area contributed by atoms with Gasteiger partial charge in [-0.25, -0.2) is 0 Å². The molecule has 0 bridgehead atoms. The highest BCUT2D eigenvalue weighted by Gasteiger charge is 2.35. The molecule has 0 aliphatic rings. The molecule has 0 aliphatic carbocycles. The van der Waals surface area contributed by atoms with E-state index in [0.717, 1.165) is 6.07 Å². The van der Waals surface area contributed by atoms with E-state index < -0.39 is 17.8 Å². The van der Waals surface area contributed by atoms with E-state index in [-0.39, 0.29) is 23.7 Å². The summed E-state index contributed by atoms with van der Waals surface area (Å²) < 4.78 is 43.6. The van der Waals surface area contributed by atoms with Gasteiger partial charge in [0, 0.05) is 6.04 Å². The van der Waals surface area contributed by atoms with Gasteiger partial charge in [0.05, 0.1) is 12.7 Å². The summed E-state index contributed by atoms with van der Waals surface area (Å²) in [6.45, 7) is 3.53. The van der Waals surface area contributed by atoms with Crippen molar-refractivity contribution in [2.75, 3.05) is 7.11 Å². The molecule has 0 aromatic heterocycles. The average Bonchev–Trinajstić information content (AvgIpc) is 2.34. The number of hydrogen-bond donors (Lipinski definition) is 1. The van der Waals surface area contributed by atoms with Crippen LogP contribution >= 0.6 is 12.4 Å². The fourth-order valence-electron chi connectivity index (χ4n) is 1.68. The minimum absolute atomic E-state index is 0. The molecule has 19 heavy (non-hydrogen) atoms. The number of nitrogens with two attached hydrogens (primary N) is 1. The lowest BCUT2D eigenvalue weighted by Crippen LogP contribution is -2.17. The lowest BCUT2D eigenvalue weighted by Gasteiger charge is -2.18. The molecule has 0 radical (unpaired) electrons. The van der Waals surface area contributed by atoms with Gasteiger partial charge in [-0.3, -0.25) is 0 Å². The molecule has 1 aromatic carbocycles. The maximum absolute atomic E-state index is 12.9. The molecular formula is C13H17ClF3NO. The Labute approximate surface area is 116 Å². The van der Waals surface area contributed by atoms with Crippen LogP contribution in [0.4, 0.5) is 13.2 Å². The molecule has 2 nitrogen and oxygen atoms in total. The van der Waals surface area contributed by atoms with Crippen molar-refractivity contribution in [2.24, 2.45) is 5.73 Å². The molecule has 2 N–H and O–H groups in total. The molecule has 6 heteroatoms. The molecule has 0 aliphatic heterocycles. The van der Waals surface area contributed by atoms with Crippen molar-refractivity contribution in [1.29, 1.82) is 0 Å². The van der Waals surface area contributed by atoms with Crippen LogP contribution in [0.3, 0.4) is 0 Å². The SMILES string of the molecule is C=CCC[C@H](N)c1ccc(OC)cc1C(F)(F)F.Cl. The highest BCUT2D eigenvalue weighted by molar-refractivity contribution is 5.85. The van der Waals surface area contributed by atoms with Crippen LogP contribution < -0.4 is 10.5 Å². The fourth-order valence-corrected chi connectivity index (χ4v) is 1.68. The fraction of sp³-hybridized carbons (Fsp3) is 0.385. The number of rotatable bonds is 5. The van der Waals surface area contributed by atoms with E-state index in [9.17, 15) is 13.2 Å². The number of methoxy groups -OCH3 is 1. The largest absolute Gasteiger partial charge is 0.497 e. The molecule has 0 heterocycles. The van der Waals surface area contributed by atoms with Gasteiger partial charge in [-0.05, 0) is 30.5 Å². The summed E-state index contributed by atoms with van der Waals surface area (Å²) >= 11 is 0. The summed E-state index contributed by atoms with van der Waals surface area (Å²) in [6, 6.07) is 3.17. The van der Waals surface area contributed by atoms with Crippen molar-refractivity contribution in [1.82, 2.24) is 0 Å². The summed E-state index contributed by atoms with van der Waals surface area (Å²) in [5.74, 6) is 0.169. The van der Waals surface area contributed by atoms with Crippen LogP contribution in [0, 0.1) is 0 Å². The minimum Gasteiger partial charge on any atom is -0.497 e. The normalized spacial score (nSPS) is 12.5. The van der Waals surface area contributed by atoms with Crippen molar-refractivity contribution < 1.29 is 17.9 Å². The molecule has 0 amide bonds. The Morgan fingerprint density at radius 2 is 2.05 bits per heavy atom. The number of halogens is 4. The van der Waals surface area contributed by atoms with Gasteiger partial charge in [0.1, 0.15) is 5.75 Å². The maximum atomic E-state index is 12.9. The quantitative estimate of drug-likeness (QED) is 0.830. The number of allylic oxidation sites excluding steroid dienone is 1. The smallest absolute Gasteiger partial charge is 0.416 e. The van der Waals surface area contributed by atoms with E-state index in [1.165, 1.54) is 19.2 Å². The van der Waals surface area contributed by atoms with Crippen LogP contribution in [0.15, 0.2) is 30.9 Å². The van der Waals surface area contributed by atoms with Crippen molar-refractivity contribution in [3.63, 3.8) is 0 Å². The Morgan fingerprint density at radius 1 is 1.42 bits per heavy atom. The Hall–Kier alpha value is -1.20. The number of benzene rings is 1. The van der Waals surface area contributed by atoms with Crippen LogP contribution in [0.2, 0.25) is 0 Å². The zero-order valence-electron chi connectivity index (χ0n) is 10.5. The lowest BCUT2D eigenvalue weighted by molar-refractivity contribution is -0.138. The summed E-state index contributed by atoms with van der Waals surface area (Å²) in [4.78, 5) is 0. The van der Waals surface area contributed by atoms with E-state index >= 15 is 0 Å². The zero-order valence-corrected chi connectivity index (χ0v) is 11.4. The summed E-state index contributed by atoms with van der Waals surface area (Å²) in [7, 11) is 1.33. The molecule has 0 spiro atoms. The van der Waals surface area contributed by atoms with E-state index in [0.29, 0.717) is 12.8 Å². The summed E-state index contributed by atoms with van der Waals surface area (Å²) in [5.41, 5.74) is 5.13. The van der Waals surface area contributed by atoms with Crippen molar-refractivity contribution in [3.05, 3.63) is 42.0 Å². The van der Waals surface area contributed by atoms with Gasteiger partial charge in [-0.1, -0.05) is 12.1 Å². The van der Waals surface area contributed by atoms with Gasteiger partial charge in [0.25, 0.3) is 0 Å². The van der Waals surface area contributed by atoms with Gasteiger partial charge in [0.2, 0.25) is 0 Å². The number of ether oxygens (including phenoxy) is 1. The van der Waals surface area contributed by atoms with Gasteiger partial charge in [-0.15, -0.1) is 19.0 Å². The molecule has 0 unspecified atom stereocenters. The molecule has 1 rings (SSSR count). The first-order chi connectivity index (χ1) is 8.40. The van der Waals surface area contributed by atoms with Crippen molar-refractivity contribution in [2.45, 2.75) is 25.1 Å². The monoisotopic (exact) mass is 295 g/mol.